The first-order valence-corrected chi connectivity index (χ1v) is 11.6. The maximum Gasteiger partial charge on any atom is 0.223 e. The predicted molar refractivity (Wildman–Crippen MR) is 111 cm³/mol. The molecule has 0 aromatic heterocycles. The molecule has 5 nitrogen and oxygen atoms in total. The van der Waals surface area contributed by atoms with Crippen LogP contribution in [0.2, 0.25) is 5.02 Å². The van der Waals surface area contributed by atoms with Crippen molar-refractivity contribution in [3.8, 4) is 0 Å². The first kappa shape index (κ1) is 21.7. The Hall–Kier alpha value is -1.96. The summed E-state index contributed by atoms with van der Waals surface area (Å²) in [7, 11) is -3.71. The quantitative estimate of drug-likeness (QED) is 0.720. The second-order valence-corrected chi connectivity index (χ2v) is 9.53. The third-order valence-electron chi connectivity index (χ3n) is 5.16. The minimum absolute atomic E-state index is 0.0186. The molecule has 1 amide bonds. The first-order chi connectivity index (χ1) is 13.9. The molecule has 0 aliphatic carbocycles. The highest BCUT2D eigenvalue weighted by atomic mass is 35.5. The van der Waals surface area contributed by atoms with E-state index in [0.717, 1.165) is 12.0 Å². The number of nitrogens with one attached hydrogen (secondary N) is 1. The molecule has 0 saturated carbocycles. The van der Waals surface area contributed by atoms with E-state index in [4.69, 9.17) is 11.6 Å². The Balaban J connectivity index is 1.49. The zero-order chi connectivity index (χ0) is 20.9. The summed E-state index contributed by atoms with van der Waals surface area (Å²) < 4.78 is 40.6. The Bertz CT molecular complexity index is 925. The van der Waals surface area contributed by atoms with Gasteiger partial charge < -0.3 is 5.32 Å². The monoisotopic (exact) mass is 438 g/mol. The lowest BCUT2D eigenvalue weighted by Crippen LogP contribution is -2.43. The van der Waals surface area contributed by atoms with E-state index in [1.54, 1.807) is 0 Å². The predicted octanol–water partition coefficient (Wildman–Crippen LogP) is 3.38. The molecule has 3 rings (SSSR count). The summed E-state index contributed by atoms with van der Waals surface area (Å²) in [4.78, 5) is 12.4. The van der Waals surface area contributed by atoms with Gasteiger partial charge in [-0.25, -0.2) is 17.1 Å². The fourth-order valence-corrected chi connectivity index (χ4v) is 5.38. The molecule has 0 spiro atoms. The standard InChI is InChI=1S/C21H24ClFN2O3S/c22-19-7-4-8-20(23)18(19)15-29(27,28)25-13-10-17(11-14-25)21(26)24-12-9-16-5-2-1-3-6-16/h1-8,17H,9-15H2,(H,24,26). The summed E-state index contributed by atoms with van der Waals surface area (Å²) in [6.07, 6.45) is 1.64. The van der Waals surface area contributed by atoms with Crippen molar-refractivity contribution >= 4 is 27.5 Å². The number of nitrogens with zero attached hydrogens (tertiary/aromatic N) is 1. The largest absolute Gasteiger partial charge is 0.356 e. The van der Waals surface area contributed by atoms with Gasteiger partial charge in [0.1, 0.15) is 5.82 Å². The zero-order valence-electron chi connectivity index (χ0n) is 16.0. The third-order valence-corrected chi connectivity index (χ3v) is 7.32. The van der Waals surface area contributed by atoms with Crippen molar-refractivity contribution in [2.24, 2.45) is 5.92 Å². The van der Waals surface area contributed by atoms with Crippen LogP contribution in [0.25, 0.3) is 0 Å². The van der Waals surface area contributed by atoms with Crippen LogP contribution in [0.3, 0.4) is 0 Å². The van der Waals surface area contributed by atoms with E-state index in [-0.39, 0.29) is 35.5 Å². The Morgan fingerprint density at radius 3 is 2.45 bits per heavy atom. The van der Waals surface area contributed by atoms with Crippen molar-refractivity contribution in [1.29, 1.82) is 0 Å². The maximum absolute atomic E-state index is 13.9. The summed E-state index contributed by atoms with van der Waals surface area (Å²) in [5.74, 6) is -1.37. The van der Waals surface area contributed by atoms with Crippen LogP contribution >= 0.6 is 11.6 Å². The number of piperidine rings is 1. The Morgan fingerprint density at radius 2 is 1.79 bits per heavy atom. The van der Waals surface area contributed by atoms with E-state index in [0.29, 0.717) is 19.4 Å². The normalized spacial score (nSPS) is 15.9. The van der Waals surface area contributed by atoms with E-state index >= 15 is 0 Å². The van der Waals surface area contributed by atoms with Crippen molar-refractivity contribution in [3.63, 3.8) is 0 Å². The van der Waals surface area contributed by atoms with Crippen LogP contribution < -0.4 is 5.32 Å². The summed E-state index contributed by atoms with van der Waals surface area (Å²) in [6, 6.07) is 14.0. The van der Waals surface area contributed by atoms with Gasteiger partial charge in [0.25, 0.3) is 0 Å². The van der Waals surface area contributed by atoms with E-state index in [1.807, 2.05) is 30.3 Å². The number of carbonyl (C=O) groups is 1. The Labute approximate surface area is 175 Å². The van der Waals surface area contributed by atoms with Crippen molar-refractivity contribution in [1.82, 2.24) is 9.62 Å². The van der Waals surface area contributed by atoms with Gasteiger partial charge in [0.2, 0.25) is 15.9 Å². The van der Waals surface area contributed by atoms with Crippen molar-refractivity contribution in [2.75, 3.05) is 19.6 Å². The molecule has 1 aliphatic rings. The van der Waals surface area contributed by atoms with E-state index in [9.17, 15) is 17.6 Å². The van der Waals surface area contributed by atoms with Gasteiger partial charge in [-0.15, -0.1) is 0 Å². The number of hydrogen-bond acceptors (Lipinski definition) is 3. The summed E-state index contributed by atoms with van der Waals surface area (Å²) in [6.45, 7) is 1.03. The number of carbonyl (C=O) groups excluding carboxylic acids is 1. The van der Waals surface area contributed by atoms with Crippen molar-refractivity contribution in [3.05, 3.63) is 70.5 Å². The van der Waals surface area contributed by atoms with Crippen LogP contribution in [-0.2, 0) is 27.0 Å². The highest BCUT2D eigenvalue weighted by molar-refractivity contribution is 7.88. The van der Waals surface area contributed by atoms with Crippen LogP contribution in [0.15, 0.2) is 48.5 Å². The Morgan fingerprint density at radius 1 is 1.10 bits per heavy atom. The van der Waals surface area contributed by atoms with Crippen LogP contribution in [0.5, 0.6) is 0 Å². The molecular formula is C21H24ClFN2O3S. The van der Waals surface area contributed by atoms with Gasteiger partial charge in [-0.05, 0) is 37.0 Å². The molecule has 8 heteroatoms. The molecule has 0 unspecified atom stereocenters. The van der Waals surface area contributed by atoms with Gasteiger partial charge in [-0.1, -0.05) is 48.0 Å². The number of amides is 1. The molecule has 1 N–H and O–H groups in total. The highest BCUT2D eigenvalue weighted by Gasteiger charge is 2.32. The topological polar surface area (TPSA) is 66.5 Å². The molecule has 0 radical (unpaired) electrons. The summed E-state index contributed by atoms with van der Waals surface area (Å²) in [5, 5.41) is 3.03. The van der Waals surface area contributed by atoms with Gasteiger partial charge in [0.15, 0.2) is 0 Å². The molecule has 2 aromatic rings. The van der Waals surface area contributed by atoms with Gasteiger partial charge in [-0.2, -0.15) is 0 Å². The van der Waals surface area contributed by atoms with Gasteiger partial charge in [0.05, 0.1) is 5.75 Å². The lowest BCUT2D eigenvalue weighted by Gasteiger charge is -2.30. The van der Waals surface area contributed by atoms with Crippen LogP contribution in [0.4, 0.5) is 4.39 Å². The van der Waals surface area contributed by atoms with E-state index < -0.39 is 21.6 Å². The average molecular weight is 439 g/mol. The Kier molecular flexibility index (Phi) is 7.27. The van der Waals surface area contributed by atoms with Crippen LogP contribution in [0, 0.1) is 11.7 Å². The van der Waals surface area contributed by atoms with Crippen molar-refractivity contribution < 1.29 is 17.6 Å². The molecule has 0 bridgehead atoms. The minimum Gasteiger partial charge on any atom is -0.356 e. The number of benzene rings is 2. The fraction of sp³-hybridized carbons (Fsp3) is 0.381. The molecule has 2 aromatic carbocycles. The minimum atomic E-state index is -3.71. The van der Waals surface area contributed by atoms with E-state index in [1.165, 1.54) is 22.5 Å². The molecule has 1 fully saturated rings. The molecule has 1 heterocycles. The second-order valence-electron chi connectivity index (χ2n) is 7.16. The maximum atomic E-state index is 13.9. The number of hydrogen-bond donors (Lipinski definition) is 1. The fourth-order valence-electron chi connectivity index (χ4n) is 3.46. The summed E-state index contributed by atoms with van der Waals surface area (Å²) in [5.41, 5.74) is 1.13. The first-order valence-electron chi connectivity index (χ1n) is 9.59. The summed E-state index contributed by atoms with van der Waals surface area (Å²) >= 11 is 5.96. The molecule has 29 heavy (non-hydrogen) atoms. The lowest BCUT2D eigenvalue weighted by atomic mass is 9.97. The SMILES string of the molecule is O=C(NCCc1ccccc1)C1CCN(S(=O)(=O)Cc2c(F)cccc2Cl)CC1. The van der Waals surface area contributed by atoms with Crippen LogP contribution in [0.1, 0.15) is 24.0 Å². The van der Waals surface area contributed by atoms with Crippen molar-refractivity contribution in [2.45, 2.75) is 25.0 Å². The smallest absolute Gasteiger partial charge is 0.223 e. The molecule has 156 valence electrons. The van der Waals surface area contributed by atoms with Gasteiger partial charge in [0, 0.05) is 36.1 Å². The number of halogens is 2. The highest BCUT2D eigenvalue weighted by Crippen LogP contribution is 2.26. The molecule has 1 aliphatic heterocycles. The van der Waals surface area contributed by atoms with E-state index in [2.05, 4.69) is 5.32 Å². The zero-order valence-corrected chi connectivity index (χ0v) is 17.6. The lowest BCUT2D eigenvalue weighted by molar-refractivity contribution is -0.126. The second kappa shape index (κ2) is 9.69. The van der Waals surface area contributed by atoms with Gasteiger partial charge in [-0.3, -0.25) is 4.79 Å². The molecule has 0 atom stereocenters. The average Bonchev–Trinajstić information content (AvgIpc) is 2.72. The van der Waals surface area contributed by atoms with Crippen LogP contribution in [-0.4, -0.2) is 38.3 Å². The van der Waals surface area contributed by atoms with Gasteiger partial charge >= 0.3 is 0 Å². The number of sulfonamides is 1. The number of rotatable bonds is 7. The molecular weight excluding hydrogens is 415 g/mol. The molecule has 1 saturated heterocycles. The third kappa shape index (κ3) is 5.78.